The van der Waals surface area contributed by atoms with Gasteiger partial charge in [0.15, 0.2) is 0 Å². The van der Waals surface area contributed by atoms with Crippen molar-refractivity contribution < 1.29 is 0 Å². The molecule has 17 heavy (non-hydrogen) atoms. The highest BCUT2D eigenvalue weighted by molar-refractivity contribution is 5.14. The Balaban J connectivity index is 2.29. The summed E-state index contributed by atoms with van der Waals surface area (Å²) in [6.07, 6.45) is 1.25. The molecule has 0 heterocycles. The van der Waals surface area contributed by atoms with Gasteiger partial charge in [-0.15, -0.1) is 0 Å². The molecule has 0 aliphatic heterocycles. The van der Waals surface area contributed by atoms with Crippen molar-refractivity contribution in [3.8, 4) is 0 Å². The molecule has 0 aromatic heterocycles. The van der Waals surface area contributed by atoms with Gasteiger partial charge in [0.2, 0.25) is 0 Å². The van der Waals surface area contributed by atoms with Crippen molar-refractivity contribution in [2.24, 2.45) is 0 Å². The van der Waals surface area contributed by atoms with E-state index < -0.39 is 0 Å². The van der Waals surface area contributed by atoms with Crippen LogP contribution in [0.5, 0.6) is 0 Å². The molecule has 0 radical (unpaired) electrons. The Morgan fingerprint density at radius 3 is 2.24 bits per heavy atom. The normalized spacial score (nSPS) is 11.4. The summed E-state index contributed by atoms with van der Waals surface area (Å²) >= 11 is 0. The van der Waals surface area contributed by atoms with Crippen molar-refractivity contribution >= 4 is 0 Å². The van der Waals surface area contributed by atoms with E-state index in [1.165, 1.54) is 25.1 Å². The number of hydrogen-bond acceptors (Lipinski definition) is 2. The molecule has 0 saturated heterocycles. The van der Waals surface area contributed by atoms with Crippen molar-refractivity contribution in [2.45, 2.75) is 26.8 Å². The van der Waals surface area contributed by atoms with Crippen LogP contribution in [0.15, 0.2) is 30.3 Å². The highest BCUT2D eigenvalue weighted by Gasteiger charge is 2.03. The van der Waals surface area contributed by atoms with Crippen molar-refractivity contribution in [1.29, 1.82) is 0 Å². The molecule has 2 heteroatoms. The van der Waals surface area contributed by atoms with Gasteiger partial charge >= 0.3 is 0 Å². The maximum Gasteiger partial charge on any atom is 0.0233 e. The Bertz CT molecular complexity index is 284. The zero-order valence-corrected chi connectivity index (χ0v) is 11.5. The largest absolute Gasteiger partial charge is 0.307 e. The molecule has 1 aromatic rings. The third-order valence-corrected chi connectivity index (χ3v) is 3.25. The first kappa shape index (κ1) is 14.2. The van der Waals surface area contributed by atoms with Gasteiger partial charge in [-0.05, 0) is 45.2 Å². The summed E-state index contributed by atoms with van der Waals surface area (Å²) in [4.78, 5) is 4.88. The van der Waals surface area contributed by atoms with Gasteiger partial charge < -0.3 is 4.90 Å². The van der Waals surface area contributed by atoms with Gasteiger partial charge in [0, 0.05) is 6.54 Å². The number of nitrogens with zero attached hydrogens (tertiary/aromatic N) is 2. The second kappa shape index (κ2) is 8.26. The van der Waals surface area contributed by atoms with E-state index in [-0.39, 0.29) is 0 Å². The molecule has 0 aliphatic carbocycles. The highest BCUT2D eigenvalue weighted by Crippen LogP contribution is 2.04. The van der Waals surface area contributed by atoms with Crippen LogP contribution in [0.1, 0.15) is 25.8 Å². The average molecular weight is 234 g/mol. The molecule has 0 amide bonds. The number of rotatable bonds is 8. The Kier molecular flexibility index (Phi) is 6.90. The third kappa shape index (κ3) is 5.85. The van der Waals surface area contributed by atoms with E-state index >= 15 is 0 Å². The smallest absolute Gasteiger partial charge is 0.0233 e. The van der Waals surface area contributed by atoms with Gasteiger partial charge in [-0.2, -0.15) is 0 Å². The van der Waals surface area contributed by atoms with E-state index in [0.717, 1.165) is 19.6 Å². The fourth-order valence-corrected chi connectivity index (χ4v) is 1.91. The van der Waals surface area contributed by atoms with E-state index in [4.69, 9.17) is 0 Å². The first-order valence-corrected chi connectivity index (χ1v) is 6.71. The molecule has 2 nitrogen and oxygen atoms in total. The van der Waals surface area contributed by atoms with Gasteiger partial charge in [0.05, 0.1) is 0 Å². The summed E-state index contributed by atoms with van der Waals surface area (Å²) in [5.41, 5.74) is 1.41. The summed E-state index contributed by atoms with van der Waals surface area (Å²) in [5.74, 6) is 0. The van der Waals surface area contributed by atoms with Crippen molar-refractivity contribution in [3.05, 3.63) is 35.9 Å². The van der Waals surface area contributed by atoms with Crippen LogP contribution in [0.25, 0.3) is 0 Å². The molecule has 96 valence electrons. The molecule has 0 N–H and O–H groups in total. The third-order valence-electron chi connectivity index (χ3n) is 3.25. The minimum atomic E-state index is 1.08. The second-order valence-electron chi connectivity index (χ2n) is 4.60. The first-order valence-electron chi connectivity index (χ1n) is 6.71. The zero-order valence-electron chi connectivity index (χ0n) is 11.5. The quantitative estimate of drug-likeness (QED) is 0.682. The Morgan fingerprint density at radius 1 is 0.941 bits per heavy atom. The van der Waals surface area contributed by atoms with Gasteiger partial charge in [-0.3, -0.25) is 4.90 Å². The molecule has 1 aromatic carbocycles. The lowest BCUT2D eigenvalue weighted by atomic mass is 10.2. The van der Waals surface area contributed by atoms with E-state index in [0.29, 0.717) is 0 Å². The molecule has 1 rings (SSSR count). The molecule has 0 fully saturated rings. The number of hydrogen-bond donors (Lipinski definition) is 0. The van der Waals surface area contributed by atoms with E-state index in [9.17, 15) is 0 Å². The monoisotopic (exact) mass is 234 g/mol. The molecule has 0 bridgehead atoms. The molecule has 0 saturated carbocycles. The lowest BCUT2D eigenvalue weighted by Crippen LogP contribution is -2.28. The Hall–Kier alpha value is -0.860. The Labute approximate surface area is 106 Å². The molecule has 0 unspecified atom stereocenters. The minimum Gasteiger partial charge on any atom is -0.307 e. The topological polar surface area (TPSA) is 6.48 Å². The van der Waals surface area contributed by atoms with Crippen LogP contribution in [-0.4, -0.2) is 43.0 Å². The molecular formula is C15H26N2. The summed E-state index contributed by atoms with van der Waals surface area (Å²) in [7, 11) is 2.19. The lowest BCUT2D eigenvalue weighted by molar-refractivity contribution is 0.251. The van der Waals surface area contributed by atoms with Gasteiger partial charge in [0.1, 0.15) is 0 Å². The maximum atomic E-state index is 2.51. The van der Waals surface area contributed by atoms with Crippen molar-refractivity contribution in [2.75, 3.05) is 33.2 Å². The van der Waals surface area contributed by atoms with Crippen LogP contribution in [0, 0.1) is 0 Å². The molecule has 0 aliphatic rings. The van der Waals surface area contributed by atoms with Crippen LogP contribution >= 0.6 is 0 Å². The predicted octanol–water partition coefficient (Wildman–Crippen LogP) is 2.85. The standard InChI is InChI=1S/C15H26N2/c1-4-16(3)12-9-13-17(5-2)14-15-10-7-6-8-11-15/h6-8,10-11H,4-5,9,12-14H2,1-3H3. The SMILES string of the molecule is CCN(C)CCCN(CC)Cc1ccccc1. The average Bonchev–Trinajstić information content (AvgIpc) is 2.38. The first-order chi connectivity index (χ1) is 8.26. The highest BCUT2D eigenvalue weighted by atomic mass is 15.1. The van der Waals surface area contributed by atoms with Crippen LogP contribution in [0.4, 0.5) is 0 Å². The van der Waals surface area contributed by atoms with Crippen molar-refractivity contribution in [1.82, 2.24) is 9.80 Å². The fourth-order valence-electron chi connectivity index (χ4n) is 1.91. The lowest BCUT2D eigenvalue weighted by Gasteiger charge is -2.22. The summed E-state index contributed by atoms with van der Waals surface area (Å²) in [5, 5.41) is 0. The van der Waals surface area contributed by atoms with E-state index in [1.54, 1.807) is 0 Å². The van der Waals surface area contributed by atoms with E-state index in [2.05, 4.69) is 61.0 Å². The Morgan fingerprint density at radius 2 is 1.65 bits per heavy atom. The van der Waals surface area contributed by atoms with E-state index in [1.807, 2.05) is 0 Å². The second-order valence-corrected chi connectivity index (χ2v) is 4.60. The molecule has 0 atom stereocenters. The maximum absolute atomic E-state index is 2.51. The van der Waals surface area contributed by atoms with Gasteiger partial charge in [0.25, 0.3) is 0 Å². The van der Waals surface area contributed by atoms with Crippen LogP contribution in [0.2, 0.25) is 0 Å². The van der Waals surface area contributed by atoms with Gasteiger partial charge in [-0.1, -0.05) is 44.2 Å². The van der Waals surface area contributed by atoms with Crippen molar-refractivity contribution in [3.63, 3.8) is 0 Å². The van der Waals surface area contributed by atoms with Crippen LogP contribution in [0.3, 0.4) is 0 Å². The fraction of sp³-hybridized carbons (Fsp3) is 0.600. The molecule has 0 spiro atoms. The summed E-state index contributed by atoms with van der Waals surface area (Å²) in [6.45, 7) is 10.2. The zero-order chi connectivity index (χ0) is 12.5. The minimum absolute atomic E-state index is 1.08. The van der Waals surface area contributed by atoms with Crippen LogP contribution < -0.4 is 0 Å². The predicted molar refractivity (Wildman–Crippen MR) is 75.2 cm³/mol. The van der Waals surface area contributed by atoms with Crippen LogP contribution in [-0.2, 0) is 6.54 Å². The summed E-state index contributed by atoms with van der Waals surface area (Å²) in [6, 6.07) is 10.7. The van der Waals surface area contributed by atoms with Gasteiger partial charge in [-0.25, -0.2) is 0 Å². The molecular weight excluding hydrogens is 208 g/mol. The number of benzene rings is 1. The summed E-state index contributed by atoms with van der Waals surface area (Å²) < 4.78 is 0.